The van der Waals surface area contributed by atoms with E-state index in [4.69, 9.17) is 9.47 Å². The Hall–Kier alpha value is -3.78. The zero-order valence-electron chi connectivity index (χ0n) is 16.8. The van der Waals surface area contributed by atoms with Crippen LogP contribution in [0, 0.1) is 5.82 Å². The summed E-state index contributed by atoms with van der Waals surface area (Å²) in [5.74, 6) is 0.150. The van der Waals surface area contributed by atoms with Gasteiger partial charge >= 0.3 is 0 Å². The highest BCUT2D eigenvalue weighted by molar-refractivity contribution is 7.22. The van der Waals surface area contributed by atoms with Crippen LogP contribution in [0.5, 0.6) is 11.5 Å². The second kappa shape index (κ2) is 8.93. The summed E-state index contributed by atoms with van der Waals surface area (Å²) in [6.45, 7) is 0. The van der Waals surface area contributed by atoms with Gasteiger partial charge in [-0.15, -0.1) is 0 Å². The van der Waals surface area contributed by atoms with Gasteiger partial charge < -0.3 is 9.47 Å². The van der Waals surface area contributed by atoms with E-state index in [1.807, 2.05) is 30.3 Å². The van der Waals surface area contributed by atoms with Crippen LogP contribution in [0.2, 0.25) is 0 Å². The van der Waals surface area contributed by atoms with Gasteiger partial charge in [0.15, 0.2) is 0 Å². The first-order valence-corrected chi connectivity index (χ1v) is 10.1. The van der Waals surface area contributed by atoms with Crippen molar-refractivity contribution in [3.8, 4) is 11.5 Å². The summed E-state index contributed by atoms with van der Waals surface area (Å²) in [5.41, 5.74) is 1.71. The molecule has 0 aliphatic carbocycles. The number of carbonyl (C=O) groups is 1. The van der Waals surface area contributed by atoms with E-state index in [1.54, 1.807) is 30.5 Å². The first-order valence-electron chi connectivity index (χ1n) is 9.30. The molecule has 1 aromatic heterocycles. The number of amides is 1. The van der Waals surface area contributed by atoms with Crippen LogP contribution in [0.25, 0.3) is 10.2 Å². The average Bonchev–Trinajstić information content (AvgIpc) is 3.22. The molecule has 1 heterocycles. The number of hydrogen-bond donors (Lipinski definition) is 0. The minimum absolute atomic E-state index is 0.312. The number of aromatic nitrogens is 1. The number of carbonyl (C=O) groups excluding carboxylic acids is 1. The Kier molecular flexibility index (Phi) is 5.90. The van der Waals surface area contributed by atoms with Gasteiger partial charge in [0.25, 0.3) is 5.91 Å². The van der Waals surface area contributed by atoms with E-state index in [0.717, 1.165) is 5.56 Å². The summed E-state index contributed by atoms with van der Waals surface area (Å²) in [5, 5.41) is 5.92. The molecule has 0 radical (unpaired) electrons. The number of hydrogen-bond acceptors (Lipinski definition) is 6. The molecule has 3 aromatic carbocycles. The average molecular weight is 435 g/mol. The van der Waals surface area contributed by atoms with Crippen molar-refractivity contribution in [2.45, 2.75) is 0 Å². The third-order valence-corrected chi connectivity index (χ3v) is 5.43. The van der Waals surface area contributed by atoms with E-state index in [0.29, 0.717) is 32.4 Å². The predicted molar refractivity (Wildman–Crippen MR) is 120 cm³/mol. The summed E-state index contributed by atoms with van der Waals surface area (Å²) < 4.78 is 24.8. The molecular weight excluding hydrogens is 417 g/mol. The van der Waals surface area contributed by atoms with Gasteiger partial charge in [-0.2, -0.15) is 10.1 Å². The summed E-state index contributed by atoms with van der Waals surface area (Å²) in [4.78, 5) is 17.9. The first kappa shape index (κ1) is 20.5. The normalized spacial score (nSPS) is 11.1. The molecule has 156 valence electrons. The highest BCUT2D eigenvalue weighted by Gasteiger charge is 2.22. The number of hydrazone groups is 1. The number of benzene rings is 3. The lowest BCUT2D eigenvalue weighted by atomic mass is 10.2. The minimum Gasteiger partial charge on any atom is -0.497 e. The maximum Gasteiger partial charge on any atom is 0.281 e. The summed E-state index contributed by atoms with van der Waals surface area (Å²) in [6.07, 6.45) is 1.57. The molecule has 8 heteroatoms. The van der Waals surface area contributed by atoms with Crippen LogP contribution in [0.15, 0.2) is 71.8 Å². The van der Waals surface area contributed by atoms with Gasteiger partial charge in [0.05, 0.1) is 30.7 Å². The lowest BCUT2D eigenvalue weighted by molar-refractivity contribution is 0.0987. The molecular formula is C23H18FN3O3S. The van der Waals surface area contributed by atoms with Gasteiger partial charge in [0.1, 0.15) is 17.3 Å². The molecule has 31 heavy (non-hydrogen) atoms. The van der Waals surface area contributed by atoms with E-state index in [1.165, 1.54) is 42.7 Å². The highest BCUT2D eigenvalue weighted by atomic mass is 32.1. The summed E-state index contributed by atoms with van der Waals surface area (Å²) >= 11 is 1.18. The maximum atomic E-state index is 13.6. The molecule has 0 fully saturated rings. The van der Waals surface area contributed by atoms with E-state index in [2.05, 4.69) is 10.1 Å². The quantitative estimate of drug-likeness (QED) is 0.311. The molecule has 4 rings (SSSR count). The Bertz CT molecular complexity index is 1240. The topological polar surface area (TPSA) is 64.0 Å². The van der Waals surface area contributed by atoms with Crippen LogP contribution in [-0.2, 0) is 0 Å². The third-order valence-electron chi connectivity index (χ3n) is 4.43. The van der Waals surface area contributed by atoms with Crippen molar-refractivity contribution in [1.82, 2.24) is 4.98 Å². The number of halogens is 1. The standard InChI is InChI=1S/C23H18FN3O3S/c1-29-18-10-16(11-19(13-18)30-2)22(28)27(25-14-15-6-4-3-5-7-15)23-26-20-9-8-17(24)12-21(20)31-23/h3-14H,1-2H3/b25-14+. The van der Waals surface area contributed by atoms with E-state index in [-0.39, 0.29) is 5.82 Å². The number of fused-ring (bicyclic) bond motifs is 1. The lowest BCUT2D eigenvalue weighted by Crippen LogP contribution is -2.25. The smallest absolute Gasteiger partial charge is 0.281 e. The van der Waals surface area contributed by atoms with Crippen molar-refractivity contribution in [2.24, 2.45) is 5.10 Å². The molecule has 6 nitrogen and oxygen atoms in total. The number of thiazole rings is 1. The van der Waals surface area contributed by atoms with Gasteiger partial charge in [0.2, 0.25) is 5.13 Å². The lowest BCUT2D eigenvalue weighted by Gasteiger charge is -2.15. The van der Waals surface area contributed by atoms with Gasteiger partial charge in [-0.05, 0) is 35.9 Å². The van der Waals surface area contributed by atoms with E-state index in [9.17, 15) is 9.18 Å². The minimum atomic E-state index is -0.427. The van der Waals surface area contributed by atoms with Gasteiger partial charge in [-0.3, -0.25) is 4.79 Å². The van der Waals surface area contributed by atoms with Crippen molar-refractivity contribution in [2.75, 3.05) is 19.2 Å². The zero-order chi connectivity index (χ0) is 21.8. The summed E-state index contributed by atoms with van der Waals surface area (Å²) in [6, 6.07) is 18.5. The molecule has 0 saturated carbocycles. The molecule has 4 aromatic rings. The Morgan fingerprint density at radius 2 is 1.74 bits per heavy atom. The fourth-order valence-electron chi connectivity index (χ4n) is 2.88. The largest absolute Gasteiger partial charge is 0.497 e. The van der Waals surface area contributed by atoms with Crippen LogP contribution < -0.4 is 14.5 Å². The van der Waals surface area contributed by atoms with Crippen molar-refractivity contribution >= 4 is 38.8 Å². The van der Waals surface area contributed by atoms with Crippen LogP contribution in [-0.4, -0.2) is 31.3 Å². The van der Waals surface area contributed by atoms with Crippen molar-refractivity contribution in [3.63, 3.8) is 0 Å². The molecule has 0 unspecified atom stereocenters. The van der Waals surface area contributed by atoms with Crippen LogP contribution >= 0.6 is 11.3 Å². The zero-order valence-corrected chi connectivity index (χ0v) is 17.6. The van der Waals surface area contributed by atoms with Crippen molar-refractivity contribution in [3.05, 3.63) is 83.7 Å². The van der Waals surface area contributed by atoms with Gasteiger partial charge in [0, 0.05) is 11.6 Å². The highest BCUT2D eigenvalue weighted by Crippen LogP contribution is 2.32. The number of methoxy groups -OCH3 is 2. The summed E-state index contributed by atoms with van der Waals surface area (Å²) in [7, 11) is 3.02. The number of rotatable bonds is 6. The molecule has 0 spiro atoms. The Labute approximate surface area is 182 Å². The van der Waals surface area contributed by atoms with Crippen LogP contribution in [0.1, 0.15) is 15.9 Å². The first-order chi connectivity index (χ1) is 15.1. The second-order valence-electron chi connectivity index (χ2n) is 6.48. The number of nitrogens with zero attached hydrogens (tertiary/aromatic N) is 3. The third kappa shape index (κ3) is 4.54. The van der Waals surface area contributed by atoms with Crippen molar-refractivity contribution in [1.29, 1.82) is 0 Å². The Morgan fingerprint density at radius 1 is 1.03 bits per heavy atom. The van der Waals surface area contributed by atoms with Gasteiger partial charge in [-0.25, -0.2) is 9.37 Å². The second-order valence-corrected chi connectivity index (χ2v) is 7.49. The Morgan fingerprint density at radius 3 is 2.42 bits per heavy atom. The number of ether oxygens (including phenoxy) is 2. The molecule has 1 amide bonds. The molecule has 0 N–H and O–H groups in total. The molecule has 0 aliphatic heterocycles. The predicted octanol–water partition coefficient (Wildman–Crippen LogP) is 5.13. The van der Waals surface area contributed by atoms with Crippen molar-refractivity contribution < 1.29 is 18.7 Å². The maximum absolute atomic E-state index is 13.6. The molecule has 0 atom stereocenters. The fourth-order valence-corrected chi connectivity index (χ4v) is 3.83. The van der Waals surface area contributed by atoms with Crippen LogP contribution in [0.3, 0.4) is 0 Å². The molecule has 0 bridgehead atoms. The SMILES string of the molecule is COc1cc(OC)cc(C(=O)N(/N=C/c2ccccc2)c2nc3ccc(F)cc3s2)c1. The molecule has 0 saturated heterocycles. The van der Waals surface area contributed by atoms with E-state index >= 15 is 0 Å². The van der Waals surface area contributed by atoms with E-state index < -0.39 is 5.91 Å². The molecule has 0 aliphatic rings. The fraction of sp³-hybridized carbons (Fsp3) is 0.0870. The van der Waals surface area contributed by atoms with Crippen LogP contribution in [0.4, 0.5) is 9.52 Å². The monoisotopic (exact) mass is 435 g/mol. The number of anilines is 1. The van der Waals surface area contributed by atoms with Gasteiger partial charge in [-0.1, -0.05) is 41.7 Å². The Balaban J connectivity index is 1.79.